The highest BCUT2D eigenvalue weighted by atomic mass is 16.4. The number of oxazole rings is 1. The van der Waals surface area contributed by atoms with Crippen molar-refractivity contribution in [3.05, 3.63) is 12.0 Å². The fourth-order valence-corrected chi connectivity index (χ4v) is 2.28. The zero-order valence-electron chi connectivity index (χ0n) is 10.1. The molecule has 0 aromatic carbocycles. The zero-order valence-corrected chi connectivity index (χ0v) is 10.1. The van der Waals surface area contributed by atoms with Gasteiger partial charge in [-0.2, -0.15) is 4.98 Å². The topological polar surface area (TPSA) is 81.2 Å². The normalized spacial score (nSPS) is 24.6. The summed E-state index contributed by atoms with van der Waals surface area (Å²) >= 11 is 0. The monoisotopic (exact) mass is 237 g/mol. The number of nitrogens with zero attached hydrogens (tertiary/aromatic N) is 1. The summed E-state index contributed by atoms with van der Waals surface area (Å²) in [4.78, 5) is 16.0. The van der Waals surface area contributed by atoms with Crippen LogP contribution in [-0.2, 0) is 4.79 Å². The van der Waals surface area contributed by atoms with Gasteiger partial charge in [-0.15, -0.1) is 0 Å². The lowest BCUT2D eigenvalue weighted by molar-refractivity contribution is -0.121. The Hall–Kier alpha value is -1.36. The van der Waals surface area contributed by atoms with Gasteiger partial charge in [0.15, 0.2) is 0 Å². The molecule has 5 nitrogen and oxygen atoms in total. The number of carbonyl (C=O) groups is 1. The summed E-state index contributed by atoms with van der Waals surface area (Å²) in [7, 11) is 0. The average Bonchev–Trinajstić information content (AvgIpc) is 2.75. The molecule has 0 saturated heterocycles. The molecule has 94 valence electrons. The molecule has 1 saturated carbocycles. The van der Waals surface area contributed by atoms with Crippen LogP contribution in [0.3, 0.4) is 0 Å². The first-order valence-electron chi connectivity index (χ1n) is 6.12. The van der Waals surface area contributed by atoms with Crippen molar-refractivity contribution < 1.29 is 9.21 Å². The van der Waals surface area contributed by atoms with Gasteiger partial charge in [-0.05, 0) is 45.1 Å². The van der Waals surface area contributed by atoms with E-state index in [1.165, 1.54) is 6.26 Å². The van der Waals surface area contributed by atoms with Gasteiger partial charge in [-0.3, -0.25) is 10.1 Å². The molecule has 0 aliphatic heterocycles. The fraction of sp³-hybridized carbons (Fsp3) is 0.667. The van der Waals surface area contributed by atoms with Gasteiger partial charge in [-0.1, -0.05) is 0 Å². The number of carbonyl (C=O) groups excluding carboxylic acids is 1. The van der Waals surface area contributed by atoms with Crippen LogP contribution in [0.1, 0.15) is 31.4 Å². The van der Waals surface area contributed by atoms with E-state index in [0.717, 1.165) is 37.9 Å². The molecule has 0 atom stereocenters. The highest BCUT2D eigenvalue weighted by Gasteiger charge is 2.26. The van der Waals surface area contributed by atoms with Gasteiger partial charge in [0.2, 0.25) is 5.91 Å². The number of aromatic nitrogens is 1. The van der Waals surface area contributed by atoms with Crippen LogP contribution in [0.2, 0.25) is 0 Å². The van der Waals surface area contributed by atoms with Crippen molar-refractivity contribution in [3.63, 3.8) is 0 Å². The van der Waals surface area contributed by atoms with Gasteiger partial charge in [0.1, 0.15) is 6.26 Å². The summed E-state index contributed by atoms with van der Waals surface area (Å²) in [6.07, 6.45) is 5.43. The highest BCUT2D eigenvalue weighted by Crippen LogP contribution is 2.28. The molecule has 1 aromatic heterocycles. The number of amides is 1. The Morgan fingerprint density at radius 2 is 2.24 bits per heavy atom. The number of hydrogen-bond donors (Lipinski definition) is 2. The minimum absolute atomic E-state index is 0.0160. The van der Waals surface area contributed by atoms with E-state index in [1.807, 2.05) is 6.92 Å². The molecule has 0 bridgehead atoms. The maximum Gasteiger partial charge on any atom is 0.301 e. The van der Waals surface area contributed by atoms with Crippen molar-refractivity contribution >= 4 is 11.9 Å². The van der Waals surface area contributed by atoms with Crippen LogP contribution in [0.4, 0.5) is 6.01 Å². The van der Waals surface area contributed by atoms with Crippen LogP contribution >= 0.6 is 0 Å². The number of hydrogen-bond acceptors (Lipinski definition) is 4. The number of aryl methyl sites for hydroxylation is 1. The van der Waals surface area contributed by atoms with E-state index >= 15 is 0 Å². The quantitative estimate of drug-likeness (QED) is 0.838. The minimum Gasteiger partial charge on any atom is -0.432 e. The largest absolute Gasteiger partial charge is 0.432 e. The second-order valence-corrected chi connectivity index (χ2v) is 4.74. The molecule has 17 heavy (non-hydrogen) atoms. The summed E-state index contributed by atoms with van der Waals surface area (Å²) in [5.41, 5.74) is 6.40. The third kappa shape index (κ3) is 3.06. The van der Waals surface area contributed by atoms with Gasteiger partial charge in [0.05, 0.1) is 5.69 Å². The maximum atomic E-state index is 11.9. The lowest BCUT2D eigenvalue weighted by Crippen LogP contribution is -2.29. The standard InChI is InChI=1S/C12H19N3O2/c1-8-7-17-12(14-8)15-11(16)10-4-2-9(6-13)3-5-10/h7,9-10H,2-6,13H2,1H3,(H,14,15,16). The molecule has 5 heteroatoms. The summed E-state index contributed by atoms with van der Waals surface area (Å²) in [6, 6.07) is 0.299. The summed E-state index contributed by atoms with van der Waals surface area (Å²) in [5, 5.41) is 2.72. The maximum absolute atomic E-state index is 11.9. The first-order valence-corrected chi connectivity index (χ1v) is 6.12. The van der Waals surface area contributed by atoms with E-state index in [2.05, 4.69) is 10.3 Å². The predicted molar refractivity (Wildman–Crippen MR) is 64.4 cm³/mol. The van der Waals surface area contributed by atoms with E-state index < -0.39 is 0 Å². The Morgan fingerprint density at radius 1 is 1.53 bits per heavy atom. The highest BCUT2D eigenvalue weighted by molar-refractivity contribution is 5.90. The van der Waals surface area contributed by atoms with E-state index in [0.29, 0.717) is 11.9 Å². The molecule has 1 heterocycles. The molecule has 0 spiro atoms. The zero-order chi connectivity index (χ0) is 12.3. The van der Waals surface area contributed by atoms with Crippen LogP contribution < -0.4 is 11.1 Å². The van der Waals surface area contributed by atoms with Gasteiger partial charge in [-0.25, -0.2) is 0 Å². The van der Waals surface area contributed by atoms with Gasteiger partial charge in [0, 0.05) is 5.92 Å². The number of nitrogens with one attached hydrogen (secondary N) is 1. The van der Waals surface area contributed by atoms with Crippen molar-refractivity contribution in [3.8, 4) is 0 Å². The van der Waals surface area contributed by atoms with E-state index in [9.17, 15) is 4.79 Å². The first-order chi connectivity index (χ1) is 8.19. The molecule has 1 fully saturated rings. The van der Waals surface area contributed by atoms with Crippen molar-refractivity contribution in [1.29, 1.82) is 0 Å². The van der Waals surface area contributed by atoms with Crippen molar-refractivity contribution in [2.75, 3.05) is 11.9 Å². The van der Waals surface area contributed by atoms with Crippen molar-refractivity contribution in [1.82, 2.24) is 4.98 Å². The molecule has 2 rings (SSSR count). The predicted octanol–water partition coefficient (Wildman–Crippen LogP) is 1.69. The number of anilines is 1. The van der Waals surface area contributed by atoms with Crippen LogP contribution in [0.25, 0.3) is 0 Å². The molecule has 0 radical (unpaired) electrons. The molecular weight excluding hydrogens is 218 g/mol. The van der Waals surface area contributed by atoms with Gasteiger partial charge < -0.3 is 10.2 Å². The van der Waals surface area contributed by atoms with E-state index in [4.69, 9.17) is 10.2 Å². The smallest absolute Gasteiger partial charge is 0.301 e. The Kier molecular flexibility index (Phi) is 3.78. The third-order valence-electron chi connectivity index (χ3n) is 3.40. The van der Waals surface area contributed by atoms with Crippen molar-refractivity contribution in [2.24, 2.45) is 17.6 Å². The molecular formula is C12H19N3O2. The lowest BCUT2D eigenvalue weighted by atomic mass is 9.82. The number of nitrogens with two attached hydrogens (primary N) is 1. The Bertz CT molecular complexity index is 381. The van der Waals surface area contributed by atoms with Crippen LogP contribution in [-0.4, -0.2) is 17.4 Å². The Labute approximate surface area is 101 Å². The second kappa shape index (κ2) is 5.31. The van der Waals surface area contributed by atoms with E-state index in [1.54, 1.807) is 0 Å². The first kappa shape index (κ1) is 12.1. The molecule has 1 aromatic rings. The lowest BCUT2D eigenvalue weighted by Gasteiger charge is -2.26. The number of rotatable bonds is 3. The Morgan fingerprint density at radius 3 is 2.76 bits per heavy atom. The minimum atomic E-state index is 0.0160. The third-order valence-corrected chi connectivity index (χ3v) is 3.40. The summed E-state index contributed by atoms with van der Waals surface area (Å²) in [6.45, 7) is 2.55. The van der Waals surface area contributed by atoms with Crippen LogP contribution in [0.5, 0.6) is 0 Å². The van der Waals surface area contributed by atoms with Crippen molar-refractivity contribution in [2.45, 2.75) is 32.6 Å². The molecule has 0 unspecified atom stereocenters. The summed E-state index contributed by atoms with van der Waals surface area (Å²) in [5.74, 6) is 0.676. The fourth-order valence-electron chi connectivity index (χ4n) is 2.28. The van der Waals surface area contributed by atoms with Gasteiger partial charge in [0.25, 0.3) is 0 Å². The molecule has 3 N–H and O–H groups in total. The SMILES string of the molecule is Cc1coc(NC(=O)C2CCC(CN)CC2)n1. The van der Waals surface area contributed by atoms with Crippen LogP contribution in [0, 0.1) is 18.8 Å². The van der Waals surface area contributed by atoms with Gasteiger partial charge >= 0.3 is 6.01 Å². The summed E-state index contributed by atoms with van der Waals surface area (Å²) < 4.78 is 5.10. The van der Waals surface area contributed by atoms with E-state index in [-0.39, 0.29) is 11.8 Å². The average molecular weight is 237 g/mol. The van der Waals surface area contributed by atoms with Crippen LogP contribution in [0.15, 0.2) is 10.7 Å². The molecule has 1 aliphatic carbocycles. The molecule has 1 aliphatic rings. The second-order valence-electron chi connectivity index (χ2n) is 4.74. The molecule has 1 amide bonds. The Balaban J connectivity index is 1.85.